The highest BCUT2D eigenvalue weighted by Gasteiger charge is 2.11. The van der Waals surface area contributed by atoms with E-state index < -0.39 is 0 Å². The molecule has 2 rings (SSSR count). The van der Waals surface area contributed by atoms with E-state index in [-0.39, 0.29) is 0 Å². The maximum Gasteiger partial charge on any atom is 0.0642 e. The van der Waals surface area contributed by atoms with E-state index in [1.165, 1.54) is 11.3 Å². The van der Waals surface area contributed by atoms with Gasteiger partial charge in [0, 0.05) is 38.4 Å². The SMILES string of the molecule is CCNCCN(CC)Cc1ccc(N2CCOCC2)cc1. The number of benzene rings is 1. The van der Waals surface area contributed by atoms with Crippen LogP contribution in [0.15, 0.2) is 24.3 Å². The Labute approximate surface area is 129 Å². The molecule has 0 radical (unpaired) electrons. The zero-order valence-corrected chi connectivity index (χ0v) is 13.5. The summed E-state index contributed by atoms with van der Waals surface area (Å²) < 4.78 is 5.40. The molecule has 1 aromatic rings. The molecule has 0 aliphatic carbocycles. The topological polar surface area (TPSA) is 27.7 Å². The molecule has 1 saturated heterocycles. The molecular weight excluding hydrogens is 262 g/mol. The number of likely N-dealkylation sites (N-methyl/N-ethyl adjacent to an activating group) is 2. The van der Waals surface area contributed by atoms with Gasteiger partial charge in [-0.25, -0.2) is 0 Å². The average molecular weight is 291 g/mol. The van der Waals surface area contributed by atoms with Crippen molar-refractivity contribution in [1.82, 2.24) is 10.2 Å². The van der Waals surface area contributed by atoms with Gasteiger partial charge < -0.3 is 15.0 Å². The van der Waals surface area contributed by atoms with E-state index in [0.29, 0.717) is 0 Å². The van der Waals surface area contributed by atoms with Gasteiger partial charge in [-0.15, -0.1) is 0 Å². The first-order chi connectivity index (χ1) is 10.3. The fourth-order valence-corrected chi connectivity index (χ4v) is 2.65. The predicted octanol–water partition coefficient (Wildman–Crippen LogP) is 1.95. The van der Waals surface area contributed by atoms with Gasteiger partial charge >= 0.3 is 0 Å². The lowest BCUT2D eigenvalue weighted by Gasteiger charge is -2.29. The van der Waals surface area contributed by atoms with Gasteiger partial charge in [0.15, 0.2) is 0 Å². The standard InChI is InChI=1S/C17H29N3O/c1-3-18-9-10-19(4-2)15-16-5-7-17(8-6-16)20-11-13-21-14-12-20/h5-8,18H,3-4,9-15H2,1-2H3. The van der Waals surface area contributed by atoms with Gasteiger partial charge in [-0.1, -0.05) is 26.0 Å². The molecule has 4 heteroatoms. The molecule has 1 aliphatic heterocycles. The Hall–Kier alpha value is -1.10. The van der Waals surface area contributed by atoms with Crippen molar-refractivity contribution in [2.75, 3.05) is 57.4 Å². The molecule has 0 bridgehead atoms. The Morgan fingerprint density at radius 3 is 2.48 bits per heavy atom. The number of hydrogen-bond donors (Lipinski definition) is 1. The second kappa shape index (κ2) is 9.03. The van der Waals surface area contributed by atoms with Gasteiger partial charge in [0.1, 0.15) is 0 Å². The van der Waals surface area contributed by atoms with Crippen molar-refractivity contribution in [2.45, 2.75) is 20.4 Å². The van der Waals surface area contributed by atoms with Crippen molar-refractivity contribution in [3.8, 4) is 0 Å². The molecule has 1 heterocycles. The molecule has 1 fully saturated rings. The average Bonchev–Trinajstić information content (AvgIpc) is 2.55. The summed E-state index contributed by atoms with van der Waals surface area (Å²) in [5.74, 6) is 0. The van der Waals surface area contributed by atoms with E-state index in [1.54, 1.807) is 0 Å². The highest BCUT2D eigenvalue weighted by molar-refractivity contribution is 5.47. The normalized spacial score (nSPS) is 15.7. The minimum atomic E-state index is 0.843. The van der Waals surface area contributed by atoms with Crippen molar-refractivity contribution >= 4 is 5.69 Å². The predicted molar refractivity (Wildman–Crippen MR) is 89.0 cm³/mol. The Balaban J connectivity index is 1.85. The maximum atomic E-state index is 5.40. The van der Waals surface area contributed by atoms with E-state index in [1.807, 2.05) is 0 Å². The van der Waals surface area contributed by atoms with Gasteiger partial charge in [0.25, 0.3) is 0 Å². The van der Waals surface area contributed by atoms with Crippen molar-refractivity contribution in [1.29, 1.82) is 0 Å². The van der Waals surface area contributed by atoms with Gasteiger partial charge in [-0.05, 0) is 30.8 Å². The minimum absolute atomic E-state index is 0.843. The molecular formula is C17H29N3O. The first-order valence-electron chi connectivity index (χ1n) is 8.18. The van der Waals surface area contributed by atoms with Crippen LogP contribution in [-0.4, -0.2) is 57.4 Å². The quantitative estimate of drug-likeness (QED) is 0.741. The molecule has 4 nitrogen and oxygen atoms in total. The third-order valence-corrected chi connectivity index (χ3v) is 4.02. The van der Waals surface area contributed by atoms with Crippen LogP contribution < -0.4 is 10.2 Å². The van der Waals surface area contributed by atoms with Gasteiger partial charge in [-0.3, -0.25) is 4.90 Å². The Kier molecular flexibility index (Phi) is 7.00. The highest BCUT2D eigenvalue weighted by atomic mass is 16.5. The minimum Gasteiger partial charge on any atom is -0.378 e. The smallest absolute Gasteiger partial charge is 0.0642 e. The maximum absolute atomic E-state index is 5.40. The first-order valence-corrected chi connectivity index (χ1v) is 8.18. The van der Waals surface area contributed by atoms with Gasteiger partial charge in [-0.2, -0.15) is 0 Å². The summed E-state index contributed by atoms with van der Waals surface area (Å²) in [6.07, 6.45) is 0. The molecule has 21 heavy (non-hydrogen) atoms. The highest BCUT2D eigenvalue weighted by Crippen LogP contribution is 2.17. The zero-order chi connectivity index (χ0) is 14.9. The number of nitrogens with one attached hydrogen (secondary N) is 1. The fraction of sp³-hybridized carbons (Fsp3) is 0.647. The molecule has 0 saturated carbocycles. The van der Waals surface area contributed by atoms with Crippen molar-refractivity contribution in [2.24, 2.45) is 0 Å². The summed E-state index contributed by atoms with van der Waals surface area (Å²) >= 11 is 0. The van der Waals surface area contributed by atoms with E-state index >= 15 is 0 Å². The number of ether oxygens (including phenoxy) is 1. The zero-order valence-electron chi connectivity index (χ0n) is 13.5. The monoisotopic (exact) mass is 291 g/mol. The van der Waals surface area contributed by atoms with Crippen LogP contribution in [0.2, 0.25) is 0 Å². The van der Waals surface area contributed by atoms with Crippen LogP contribution in [0.1, 0.15) is 19.4 Å². The van der Waals surface area contributed by atoms with E-state index in [9.17, 15) is 0 Å². The van der Waals surface area contributed by atoms with Crippen molar-refractivity contribution in [3.05, 3.63) is 29.8 Å². The molecule has 0 amide bonds. The van der Waals surface area contributed by atoms with Crippen LogP contribution in [-0.2, 0) is 11.3 Å². The third-order valence-electron chi connectivity index (χ3n) is 4.02. The van der Waals surface area contributed by atoms with Crippen LogP contribution in [0.4, 0.5) is 5.69 Å². The van der Waals surface area contributed by atoms with Crippen LogP contribution in [0, 0.1) is 0 Å². The number of anilines is 1. The van der Waals surface area contributed by atoms with Gasteiger partial charge in [0.05, 0.1) is 13.2 Å². The number of rotatable bonds is 8. The molecule has 118 valence electrons. The summed E-state index contributed by atoms with van der Waals surface area (Å²) in [6.45, 7) is 13.4. The fourth-order valence-electron chi connectivity index (χ4n) is 2.65. The molecule has 0 spiro atoms. The Morgan fingerprint density at radius 2 is 1.86 bits per heavy atom. The lowest BCUT2D eigenvalue weighted by Crippen LogP contribution is -2.36. The number of hydrogen-bond acceptors (Lipinski definition) is 4. The molecule has 1 aromatic carbocycles. The summed E-state index contributed by atoms with van der Waals surface area (Å²) in [4.78, 5) is 4.88. The third kappa shape index (κ3) is 5.30. The summed E-state index contributed by atoms with van der Waals surface area (Å²) in [7, 11) is 0. The van der Waals surface area contributed by atoms with Crippen LogP contribution in [0.3, 0.4) is 0 Å². The lowest BCUT2D eigenvalue weighted by molar-refractivity contribution is 0.122. The number of nitrogens with zero attached hydrogens (tertiary/aromatic N) is 2. The molecule has 0 unspecified atom stereocenters. The Morgan fingerprint density at radius 1 is 1.14 bits per heavy atom. The van der Waals surface area contributed by atoms with E-state index in [2.05, 4.69) is 53.2 Å². The molecule has 1 N–H and O–H groups in total. The van der Waals surface area contributed by atoms with Crippen LogP contribution in [0.25, 0.3) is 0 Å². The summed E-state index contributed by atoms with van der Waals surface area (Å²) in [5.41, 5.74) is 2.71. The second-order valence-corrected chi connectivity index (χ2v) is 5.49. The van der Waals surface area contributed by atoms with Crippen molar-refractivity contribution in [3.63, 3.8) is 0 Å². The number of morpholine rings is 1. The van der Waals surface area contributed by atoms with Gasteiger partial charge in [0.2, 0.25) is 0 Å². The summed E-state index contributed by atoms with van der Waals surface area (Å²) in [6, 6.07) is 9.03. The Bertz CT molecular complexity index is 388. The van der Waals surface area contributed by atoms with Crippen molar-refractivity contribution < 1.29 is 4.74 Å². The molecule has 1 aliphatic rings. The van der Waals surface area contributed by atoms with E-state index in [0.717, 1.165) is 59.0 Å². The molecule has 0 atom stereocenters. The van der Waals surface area contributed by atoms with Crippen LogP contribution >= 0.6 is 0 Å². The largest absolute Gasteiger partial charge is 0.378 e. The van der Waals surface area contributed by atoms with E-state index in [4.69, 9.17) is 4.74 Å². The summed E-state index contributed by atoms with van der Waals surface area (Å²) in [5, 5.41) is 3.39. The van der Waals surface area contributed by atoms with Crippen LogP contribution in [0.5, 0.6) is 0 Å². The lowest BCUT2D eigenvalue weighted by atomic mass is 10.1. The molecule has 0 aromatic heterocycles. The first kappa shape index (κ1) is 16.3. The second-order valence-electron chi connectivity index (χ2n) is 5.49.